The minimum Gasteiger partial charge on any atom is -0.472 e. The second kappa shape index (κ2) is 10.1. The second-order valence-corrected chi connectivity index (χ2v) is 11.2. The van der Waals surface area contributed by atoms with E-state index in [1.165, 1.54) is 0 Å². The quantitative estimate of drug-likeness (QED) is 0.401. The molecule has 200 valence electrons. The van der Waals surface area contributed by atoms with Gasteiger partial charge in [0.2, 0.25) is 5.88 Å². The van der Waals surface area contributed by atoms with Crippen LogP contribution in [0.15, 0.2) is 17.1 Å². The molecule has 0 bridgehead atoms. The highest BCUT2D eigenvalue weighted by Gasteiger charge is 2.42. The van der Waals surface area contributed by atoms with E-state index in [9.17, 15) is 9.00 Å². The number of nitrogens with one attached hydrogen (secondary N) is 1. The summed E-state index contributed by atoms with van der Waals surface area (Å²) in [6, 6.07) is 1.76. The fourth-order valence-corrected chi connectivity index (χ4v) is 6.51. The van der Waals surface area contributed by atoms with Crippen LogP contribution in [0, 0.1) is 0 Å². The lowest BCUT2D eigenvalue weighted by Crippen LogP contribution is -2.46. The highest BCUT2D eigenvalue weighted by atomic mass is 32.2. The minimum absolute atomic E-state index is 0.275. The fourth-order valence-electron chi connectivity index (χ4n) is 4.67. The van der Waals surface area contributed by atoms with Gasteiger partial charge in [0.15, 0.2) is 20.6 Å². The number of hydrogen-bond donors (Lipinski definition) is 1. The van der Waals surface area contributed by atoms with Crippen molar-refractivity contribution in [2.45, 2.75) is 33.3 Å². The van der Waals surface area contributed by atoms with Crippen molar-refractivity contribution >= 4 is 26.1 Å². The van der Waals surface area contributed by atoms with Crippen LogP contribution in [0.1, 0.15) is 32.0 Å². The van der Waals surface area contributed by atoms with Crippen molar-refractivity contribution in [2.24, 2.45) is 7.05 Å². The van der Waals surface area contributed by atoms with Crippen molar-refractivity contribution in [1.29, 1.82) is 0 Å². The summed E-state index contributed by atoms with van der Waals surface area (Å²) < 4.78 is 34.1. The zero-order chi connectivity index (χ0) is 26.3. The first-order valence-corrected chi connectivity index (χ1v) is 13.9. The van der Waals surface area contributed by atoms with Gasteiger partial charge in [-0.2, -0.15) is 5.10 Å². The van der Waals surface area contributed by atoms with Crippen molar-refractivity contribution in [3.8, 4) is 17.3 Å². The van der Waals surface area contributed by atoms with Gasteiger partial charge >= 0.3 is 0 Å². The van der Waals surface area contributed by atoms with E-state index in [-0.39, 0.29) is 23.1 Å². The molecule has 1 N–H and O–H groups in total. The van der Waals surface area contributed by atoms with Crippen molar-refractivity contribution in [1.82, 2.24) is 33.9 Å². The van der Waals surface area contributed by atoms with E-state index >= 15 is 0 Å². The lowest BCUT2D eigenvalue weighted by Gasteiger charge is -2.31. The second-order valence-electron chi connectivity index (χ2n) is 9.21. The third-order valence-electron chi connectivity index (χ3n) is 6.71. The summed E-state index contributed by atoms with van der Waals surface area (Å²) in [6.07, 6.45) is 1.95. The van der Waals surface area contributed by atoms with E-state index in [0.717, 1.165) is 25.3 Å². The van der Waals surface area contributed by atoms with E-state index in [1.807, 2.05) is 18.2 Å². The topological polar surface area (TPSA) is 131 Å². The Hall–Kier alpha value is -2.84. The molecule has 5 rings (SSSR count). The summed E-state index contributed by atoms with van der Waals surface area (Å²) in [4.78, 5) is 27.4. The van der Waals surface area contributed by atoms with Gasteiger partial charge in [-0.25, -0.2) is 22.7 Å². The summed E-state index contributed by atoms with van der Waals surface area (Å²) in [6.45, 7) is 10.3. The van der Waals surface area contributed by atoms with Crippen LogP contribution in [0.5, 0.6) is 5.88 Å². The van der Waals surface area contributed by atoms with Crippen molar-refractivity contribution in [3.05, 3.63) is 33.9 Å². The van der Waals surface area contributed by atoms with Gasteiger partial charge in [-0.3, -0.25) is 9.48 Å². The van der Waals surface area contributed by atoms with Crippen LogP contribution in [0.2, 0.25) is 0 Å². The molecule has 3 aromatic rings. The molecule has 2 atom stereocenters. The molecule has 5 heterocycles. The summed E-state index contributed by atoms with van der Waals surface area (Å²) >= 11 is 0. The number of pyridine rings is 1. The molecule has 0 amide bonds. The van der Waals surface area contributed by atoms with Crippen molar-refractivity contribution < 1.29 is 17.9 Å². The number of likely N-dealkylation sites (N-methyl/N-ethyl adjacent to an activating group) is 1. The number of ether oxygens (including phenoxy) is 2. The normalized spacial score (nSPS) is 21.5. The van der Waals surface area contributed by atoms with E-state index in [1.54, 1.807) is 31.1 Å². The SMILES string of the molecule is CCc1c2nc(-c3cc(C4=S(=O)(N5CCN(CC)CC5)O4)cnc3O[C@H](C)COC)[nH]c(=O)c2nn1C. The lowest BCUT2D eigenvalue weighted by molar-refractivity contribution is 0.0893. The van der Waals surface area contributed by atoms with Gasteiger partial charge in [-0.1, -0.05) is 13.8 Å². The average Bonchev–Trinajstić information content (AvgIpc) is 3.48. The van der Waals surface area contributed by atoms with E-state index in [2.05, 4.69) is 26.9 Å². The minimum atomic E-state index is -2.73. The maximum Gasteiger partial charge on any atom is 0.279 e. The van der Waals surface area contributed by atoms with E-state index < -0.39 is 9.99 Å². The van der Waals surface area contributed by atoms with Gasteiger partial charge in [0.25, 0.3) is 5.56 Å². The molecule has 3 aromatic heterocycles. The zero-order valence-corrected chi connectivity index (χ0v) is 22.6. The molecular formula is C24H33N7O5S. The third kappa shape index (κ3) is 4.77. The van der Waals surface area contributed by atoms with E-state index in [4.69, 9.17) is 18.6 Å². The number of hydrogen-bond acceptors (Lipinski definition) is 9. The van der Waals surface area contributed by atoms with Crippen LogP contribution in [-0.2, 0) is 32.4 Å². The zero-order valence-electron chi connectivity index (χ0n) is 21.8. The number of aryl methyl sites for hydroxylation is 2. The molecule has 12 nitrogen and oxygen atoms in total. The van der Waals surface area contributed by atoms with E-state index in [0.29, 0.717) is 53.6 Å². The maximum absolute atomic E-state index is 13.6. The molecular weight excluding hydrogens is 498 g/mol. The summed E-state index contributed by atoms with van der Waals surface area (Å²) in [5.41, 5.74) is 2.31. The Balaban J connectivity index is 1.59. The maximum atomic E-state index is 13.6. The molecule has 13 heteroatoms. The number of methoxy groups -OCH3 is 1. The first kappa shape index (κ1) is 25.8. The van der Waals surface area contributed by atoms with Crippen LogP contribution >= 0.6 is 0 Å². The fraction of sp³-hybridized carbons (Fsp3) is 0.542. The first-order chi connectivity index (χ1) is 17.8. The number of aromatic nitrogens is 5. The Morgan fingerprint density at radius 2 is 1.97 bits per heavy atom. The number of fused-ring (bicyclic) bond motifs is 1. The van der Waals surface area contributed by atoms with Crippen molar-refractivity contribution in [3.63, 3.8) is 0 Å². The van der Waals surface area contributed by atoms with Gasteiger partial charge < -0.3 is 19.4 Å². The molecule has 0 aliphatic carbocycles. The van der Waals surface area contributed by atoms with Gasteiger partial charge in [-0.05, 0) is 26.0 Å². The highest BCUT2D eigenvalue weighted by molar-refractivity contribution is 8.03. The predicted molar refractivity (Wildman–Crippen MR) is 141 cm³/mol. The third-order valence-corrected chi connectivity index (χ3v) is 8.79. The number of rotatable bonds is 9. The molecule has 2 aliphatic heterocycles. The van der Waals surface area contributed by atoms with Crippen LogP contribution < -0.4 is 10.3 Å². The predicted octanol–water partition coefficient (Wildman–Crippen LogP) is 0.955. The molecule has 37 heavy (non-hydrogen) atoms. The monoisotopic (exact) mass is 531 g/mol. The number of piperazine rings is 1. The molecule has 0 spiro atoms. The Kier molecular flexibility index (Phi) is 7.07. The van der Waals surface area contributed by atoms with Crippen LogP contribution in [-0.4, -0.2) is 95.7 Å². The number of nitrogens with zero attached hydrogens (tertiary/aromatic N) is 6. The Bertz CT molecular complexity index is 1500. The van der Waals surface area contributed by atoms with Gasteiger partial charge in [0, 0.05) is 52.1 Å². The highest BCUT2D eigenvalue weighted by Crippen LogP contribution is 2.33. The first-order valence-electron chi connectivity index (χ1n) is 12.5. The average molecular weight is 532 g/mol. The summed E-state index contributed by atoms with van der Waals surface area (Å²) in [7, 11) is 0.658. The smallest absolute Gasteiger partial charge is 0.279 e. The number of H-pyrrole nitrogens is 1. The molecule has 1 saturated heterocycles. The Morgan fingerprint density at radius 3 is 2.65 bits per heavy atom. The lowest BCUT2D eigenvalue weighted by atomic mass is 10.1. The number of aromatic amines is 1. The van der Waals surface area contributed by atoms with Crippen LogP contribution in [0.4, 0.5) is 0 Å². The van der Waals surface area contributed by atoms with Gasteiger partial charge in [-0.15, -0.1) is 0 Å². The van der Waals surface area contributed by atoms with Crippen LogP contribution in [0.3, 0.4) is 0 Å². The van der Waals surface area contributed by atoms with Gasteiger partial charge in [0.05, 0.1) is 17.9 Å². The standard InChI is InChI=1S/C24H33N7O5S/c1-6-18-19-20(28-29(18)4)22(32)27-21(26-19)17-12-16(13-25-23(17)35-15(3)14-34-5)24-36-37(24,33)31-10-8-30(7-2)9-11-31/h12-13,15H,6-11,14H2,1-5H3,(H,26,27,32)/t15-,37?/m1/s1. The summed E-state index contributed by atoms with van der Waals surface area (Å²) in [5.74, 6) is 0.570. The molecule has 0 radical (unpaired) electrons. The van der Waals surface area contributed by atoms with Gasteiger partial charge in [0.1, 0.15) is 17.4 Å². The molecule has 1 unspecified atom stereocenters. The van der Waals surface area contributed by atoms with Crippen LogP contribution in [0.25, 0.3) is 22.4 Å². The molecule has 0 aromatic carbocycles. The Labute approximate surface area is 215 Å². The largest absolute Gasteiger partial charge is 0.472 e. The molecule has 1 fully saturated rings. The molecule has 0 saturated carbocycles. The van der Waals surface area contributed by atoms with Crippen molar-refractivity contribution in [2.75, 3.05) is 46.4 Å². The summed E-state index contributed by atoms with van der Waals surface area (Å²) in [5, 5.41) is 4.72. The molecule has 2 aliphatic rings. The Morgan fingerprint density at radius 1 is 1.22 bits per heavy atom.